The fraction of sp³-hybridized carbons (Fsp3) is 0.185. The molecular formula is C27H20FN3O5S2. The van der Waals surface area contributed by atoms with Gasteiger partial charge < -0.3 is 9.73 Å². The van der Waals surface area contributed by atoms with E-state index in [2.05, 4.69) is 5.32 Å². The monoisotopic (exact) mass is 549 g/mol. The third-order valence-corrected chi connectivity index (χ3v) is 9.19. The number of fused-ring (bicyclic) bond motifs is 2. The number of imide groups is 1. The maximum Gasteiger partial charge on any atom is 0.308 e. The van der Waals surface area contributed by atoms with Gasteiger partial charge in [-0.1, -0.05) is 35.2 Å². The van der Waals surface area contributed by atoms with E-state index in [-0.39, 0.29) is 17.1 Å². The van der Waals surface area contributed by atoms with Crippen molar-refractivity contribution < 1.29 is 23.2 Å². The Morgan fingerprint density at radius 3 is 2.55 bits per heavy atom. The van der Waals surface area contributed by atoms with Crippen molar-refractivity contribution in [1.29, 1.82) is 0 Å². The number of nitrogens with zero attached hydrogens (tertiary/aromatic N) is 2. The zero-order chi connectivity index (χ0) is 26.6. The Kier molecular flexibility index (Phi) is 6.04. The average Bonchev–Trinajstić information content (AvgIpc) is 3.58. The molecule has 2 aliphatic rings. The molecule has 1 fully saturated rings. The smallest absolute Gasteiger partial charge is 0.308 e. The van der Waals surface area contributed by atoms with Gasteiger partial charge in [0, 0.05) is 5.69 Å². The molecule has 38 heavy (non-hydrogen) atoms. The van der Waals surface area contributed by atoms with E-state index >= 15 is 0 Å². The summed E-state index contributed by atoms with van der Waals surface area (Å²) in [6.07, 6.45) is 1.47. The van der Waals surface area contributed by atoms with Crippen molar-refractivity contribution >= 4 is 52.2 Å². The van der Waals surface area contributed by atoms with Crippen molar-refractivity contribution in [1.82, 2.24) is 4.57 Å². The number of carbonyl (C=O) groups excluding carboxylic acids is 3. The maximum absolute atomic E-state index is 13.7. The van der Waals surface area contributed by atoms with Gasteiger partial charge in [0.25, 0.3) is 0 Å². The summed E-state index contributed by atoms with van der Waals surface area (Å²) in [5, 5.41) is 2.42. The van der Waals surface area contributed by atoms with Gasteiger partial charge in [0.1, 0.15) is 23.4 Å². The lowest BCUT2D eigenvalue weighted by atomic mass is 9.87. The number of amides is 3. The number of anilines is 2. The zero-order valence-corrected chi connectivity index (χ0v) is 21.6. The van der Waals surface area contributed by atoms with Crippen molar-refractivity contribution in [2.75, 3.05) is 10.2 Å². The summed E-state index contributed by atoms with van der Waals surface area (Å²) in [4.78, 5) is 54.5. The largest absolute Gasteiger partial charge is 0.469 e. The predicted molar refractivity (Wildman–Crippen MR) is 141 cm³/mol. The van der Waals surface area contributed by atoms with Crippen molar-refractivity contribution in [3.63, 3.8) is 0 Å². The minimum Gasteiger partial charge on any atom is -0.469 e. The zero-order valence-electron chi connectivity index (χ0n) is 19.9. The summed E-state index contributed by atoms with van der Waals surface area (Å²) >= 11 is 2.05. The number of aryl methyl sites for hydroxylation is 1. The molecule has 6 rings (SSSR count). The average molecular weight is 550 g/mol. The van der Waals surface area contributed by atoms with Gasteiger partial charge in [0.2, 0.25) is 17.7 Å². The molecule has 2 aromatic heterocycles. The molecule has 2 aliphatic heterocycles. The molecule has 11 heteroatoms. The summed E-state index contributed by atoms with van der Waals surface area (Å²) in [5.41, 5.74) is 1.86. The van der Waals surface area contributed by atoms with Gasteiger partial charge in [-0.05, 0) is 61.0 Å². The lowest BCUT2D eigenvalue weighted by Crippen LogP contribution is -2.32. The van der Waals surface area contributed by atoms with Gasteiger partial charge in [-0.25, -0.2) is 9.29 Å². The highest BCUT2D eigenvalue weighted by Gasteiger charge is 2.57. The van der Waals surface area contributed by atoms with Crippen LogP contribution in [0.3, 0.4) is 0 Å². The Hall–Kier alpha value is -3.96. The summed E-state index contributed by atoms with van der Waals surface area (Å²) in [6.45, 7) is 1.66. The van der Waals surface area contributed by atoms with Gasteiger partial charge in [-0.3, -0.25) is 23.7 Å². The van der Waals surface area contributed by atoms with Crippen LogP contribution >= 0.6 is 23.1 Å². The van der Waals surface area contributed by atoms with Crippen LogP contribution in [-0.4, -0.2) is 27.5 Å². The molecule has 0 radical (unpaired) electrons. The topological polar surface area (TPSA) is 102 Å². The minimum atomic E-state index is -0.852. The number of halogens is 1. The number of hydrogen-bond acceptors (Lipinski definition) is 7. The van der Waals surface area contributed by atoms with Gasteiger partial charge in [0.15, 0.2) is 0 Å². The molecule has 4 aromatic rings. The lowest BCUT2D eigenvalue weighted by Gasteiger charge is -2.29. The molecule has 3 amide bonds. The van der Waals surface area contributed by atoms with Crippen LogP contribution in [0.5, 0.6) is 0 Å². The second-order valence-electron chi connectivity index (χ2n) is 9.09. The van der Waals surface area contributed by atoms with E-state index in [0.29, 0.717) is 21.4 Å². The number of carbonyl (C=O) groups is 3. The molecule has 2 aromatic carbocycles. The quantitative estimate of drug-likeness (QED) is 0.371. The first-order valence-corrected chi connectivity index (χ1v) is 13.4. The van der Waals surface area contributed by atoms with Gasteiger partial charge in [0.05, 0.1) is 33.7 Å². The summed E-state index contributed by atoms with van der Waals surface area (Å²) in [5.74, 6) is -2.86. The number of furan rings is 1. The van der Waals surface area contributed by atoms with E-state index in [0.717, 1.165) is 33.6 Å². The van der Waals surface area contributed by atoms with Crippen molar-refractivity contribution in [3.05, 3.63) is 98.6 Å². The standard InChI is InChI=1S/C27H20FN3O5S2/c1-14-4-2-5-16(12-14)29-19(32)13-30-26-23(38-27(30)35)20(18-6-3-11-36-18)21-22(37-26)25(34)31(24(21)33)17-9-7-15(28)8-10-17/h2-12,20-22H,13H2,1H3,(H,29,32)/t20-,21?,22?/m1/s1. The van der Waals surface area contributed by atoms with Crippen molar-refractivity contribution in [3.8, 4) is 0 Å². The molecule has 1 N–H and O–H groups in total. The third-order valence-electron chi connectivity index (χ3n) is 6.59. The Labute approximate surface area is 224 Å². The molecule has 8 nitrogen and oxygen atoms in total. The summed E-state index contributed by atoms with van der Waals surface area (Å²) in [7, 11) is 0. The Morgan fingerprint density at radius 2 is 1.84 bits per heavy atom. The molecule has 0 spiro atoms. The van der Waals surface area contributed by atoms with E-state index in [1.807, 2.05) is 25.1 Å². The number of hydrogen-bond donors (Lipinski definition) is 1. The van der Waals surface area contributed by atoms with Crippen LogP contribution in [0.25, 0.3) is 0 Å². The summed E-state index contributed by atoms with van der Waals surface area (Å²) in [6, 6.07) is 15.9. The molecular weight excluding hydrogens is 529 g/mol. The number of thiazole rings is 1. The second-order valence-corrected chi connectivity index (χ2v) is 11.2. The molecule has 0 aliphatic carbocycles. The fourth-order valence-corrected chi connectivity index (χ4v) is 7.69. The van der Waals surface area contributed by atoms with Crippen LogP contribution in [0, 0.1) is 18.7 Å². The molecule has 2 unspecified atom stereocenters. The van der Waals surface area contributed by atoms with Crippen LogP contribution in [0.15, 0.2) is 81.2 Å². The highest BCUT2D eigenvalue weighted by atomic mass is 32.2. The highest BCUT2D eigenvalue weighted by Crippen LogP contribution is 2.53. The Balaban J connectivity index is 1.38. The molecule has 1 saturated heterocycles. The van der Waals surface area contributed by atoms with Crippen molar-refractivity contribution in [2.24, 2.45) is 5.92 Å². The van der Waals surface area contributed by atoms with E-state index in [9.17, 15) is 23.6 Å². The lowest BCUT2D eigenvalue weighted by molar-refractivity contribution is -0.122. The van der Waals surface area contributed by atoms with Crippen LogP contribution in [0.1, 0.15) is 22.1 Å². The molecule has 0 saturated carbocycles. The SMILES string of the molecule is Cc1cccc(NC(=O)Cn2c3c(sc2=O)[C@H](c2ccco2)C2C(=O)N(c4ccc(F)cc4)C(=O)C2S3)c1. The summed E-state index contributed by atoms with van der Waals surface area (Å²) < 4.78 is 20.5. The molecule has 3 atom stereocenters. The van der Waals surface area contributed by atoms with Crippen LogP contribution in [0.2, 0.25) is 0 Å². The molecule has 4 heterocycles. The third kappa shape index (κ3) is 4.07. The van der Waals surface area contributed by atoms with Gasteiger partial charge in [-0.15, -0.1) is 0 Å². The second kappa shape index (κ2) is 9.41. The predicted octanol–water partition coefficient (Wildman–Crippen LogP) is 4.38. The van der Waals surface area contributed by atoms with Crippen molar-refractivity contribution in [2.45, 2.75) is 29.7 Å². The van der Waals surface area contributed by atoms with Crippen LogP contribution in [-0.2, 0) is 20.9 Å². The minimum absolute atomic E-state index is 0.252. The highest BCUT2D eigenvalue weighted by molar-refractivity contribution is 8.00. The molecule has 192 valence electrons. The first-order valence-electron chi connectivity index (χ1n) is 11.8. The van der Waals surface area contributed by atoms with E-state index in [1.165, 1.54) is 35.1 Å². The number of nitrogens with one attached hydrogen (secondary N) is 1. The Morgan fingerprint density at radius 1 is 1.05 bits per heavy atom. The van der Waals surface area contributed by atoms with E-state index < -0.39 is 40.6 Å². The van der Waals surface area contributed by atoms with E-state index in [4.69, 9.17) is 4.42 Å². The number of benzene rings is 2. The van der Waals surface area contributed by atoms with E-state index in [1.54, 1.807) is 18.2 Å². The van der Waals surface area contributed by atoms with Gasteiger partial charge in [-0.2, -0.15) is 0 Å². The van der Waals surface area contributed by atoms with Gasteiger partial charge >= 0.3 is 4.87 Å². The maximum atomic E-state index is 13.7. The first kappa shape index (κ1) is 24.4. The normalized spacial score (nSPS) is 20.4. The van der Waals surface area contributed by atoms with Crippen LogP contribution < -0.4 is 15.1 Å². The fourth-order valence-electron chi connectivity index (χ4n) is 4.94. The number of rotatable bonds is 5. The first-order chi connectivity index (χ1) is 18.3. The Bertz CT molecular complexity index is 1630. The number of aromatic nitrogens is 1. The number of thioether (sulfide) groups is 1. The van der Waals surface area contributed by atoms with Crippen LogP contribution in [0.4, 0.5) is 15.8 Å². The molecule has 0 bridgehead atoms.